The lowest BCUT2D eigenvalue weighted by atomic mass is 9.98. The molecule has 0 aliphatic rings. The minimum Gasteiger partial charge on any atom is -0.508 e. The van der Waals surface area contributed by atoms with Crippen LogP contribution >= 0.6 is 0 Å². The Morgan fingerprint density at radius 3 is 2.45 bits per heavy atom. The number of amides is 1. The number of hydrogen-bond acceptors (Lipinski definition) is 8. The molecule has 2 atom stereocenters. The zero-order chi connectivity index (χ0) is 35.8. The van der Waals surface area contributed by atoms with Crippen LogP contribution in [0.3, 0.4) is 0 Å². The van der Waals surface area contributed by atoms with E-state index in [2.05, 4.69) is 28.7 Å². The summed E-state index contributed by atoms with van der Waals surface area (Å²) >= 11 is 0. The van der Waals surface area contributed by atoms with Crippen molar-refractivity contribution < 1.29 is 24.9 Å². The van der Waals surface area contributed by atoms with Crippen LogP contribution in [-0.4, -0.2) is 51.8 Å². The van der Waals surface area contributed by atoms with Crippen molar-refractivity contribution in [2.24, 2.45) is 11.7 Å². The van der Waals surface area contributed by atoms with Crippen LogP contribution in [0, 0.1) is 11.3 Å². The van der Waals surface area contributed by atoms with Gasteiger partial charge in [0.2, 0.25) is 0 Å². The van der Waals surface area contributed by atoms with Gasteiger partial charge in [0.1, 0.15) is 23.1 Å². The summed E-state index contributed by atoms with van der Waals surface area (Å²) in [5.41, 5.74) is 10.9. The number of aromatic hydroxyl groups is 2. The third-order valence-electron chi connectivity index (χ3n) is 9.02. The monoisotopic (exact) mass is 670 g/mol. The van der Waals surface area contributed by atoms with Crippen molar-refractivity contribution in [3.63, 3.8) is 0 Å². The van der Waals surface area contributed by atoms with E-state index in [1.54, 1.807) is 18.2 Å². The summed E-state index contributed by atoms with van der Waals surface area (Å²) < 4.78 is 7.71. The predicted octanol–water partition coefficient (Wildman–Crippen LogP) is 7.30. The minimum absolute atomic E-state index is 0.0490. The Bertz CT molecular complexity index is 1800. The lowest BCUT2D eigenvalue weighted by molar-refractivity contribution is 0.192. The van der Waals surface area contributed by atoms with Crippen LogP contribution in [0.5, 0.6) is 17.2 Å². The maximum Gasteiger partial charge on any atom is 0.412 e. The number of benzene rings is 3. The first-order chi connectivity index (χ1) is 23.4. The number of ether oxygens (including phenoxy) is 1. The van der Waals surface area contributed by atoms with E-state index < -0.39 is 12.4 Å². The van der Waals surface area contributed by atoms with Crippen molar-refractivity contribution in [2.75, 3.05) is 23.8 Å². The van der Waals surface area contributed by atoms with E-state index in [1.807, 2.05) is 64.3 Å². The second kappa shape index (κ2) is 16.4. The number of carbonyl (C=O) groups excluding carboxylic acids is 1. The quantitative estimate of drug-likeness (QED) is 0.0393. The normalized spacial score (nSPS) is 12.5. The molecule has 0 saturated carbocycles. The zero-order valence-corrected chi connectivity index (χ0v) is 29.1. The van der Waals surface area contributed by atoms with E-state index in [1.165, 1.54) is 11.0 Å². The molecule has 0 radical (unpaired) electrons. The number of aromatic nitrogens is 1. The Labute approximate surface area is 288 Å². The summed E-state index contributed by atoms with van der Waals surface area (Å²) in [5, 5.41) is 47.1. The van der Waals surface area contributed by atoms with E-state index in [4.69, 9.17) is 15.9 Å². The highest BCUT2D eigenvalue weighted by Crippen LogP contribution is 2.35. The van der Waals surface area contributed by atoms with Gasteiger partial charge >= 0.3 is 6.09 Å². The number of aliphatic hydroxyl groups excluding tert-OH is 1. The molecule has 0 fully saturated rings. The fraction of sp³-hybridized carbons (Fsp3) is 0.368. The number of allylic oxidation sites excluding steroid dienone is 1. The number of phenols is 2. The number of phenolic OH excluding ortho intramolecular Hbond substituents is 2. The molecule has 1 aromatic heterocycles. The molecule has 49 heavy (non-hydrogen) atoms. The lowest BCUT2D eigenvalue weighted by Gasteiger charge is -2.28. The fourth-order valence-corrected chi connectivity index (χ4v) is 6.01. The number of aryl methyl sites for hydroxylation is 1. The van der Waals surface area contributed by atoms with Gasteiger partial charge < -0.3 is 35.3 Å². The lowest BCUT2D eigenvalue weighted by Crippen LogP contribution is -2.46. The van der Waals surface area contributed by atoms with Gasteiger partial charge in [-0.2, -0.15) is 0 Å². The Balaban J connectivity index is 1.37. The average Bonchev–Trinajstić information content (AvgIpc) is 3.47. The van der Waals surface area contributed by atoms with Gasteiger partial charge in [-0.3, -0.25) is 16.0 Å². The number of nitrogens with zero attached hydrogens (tertiary/aromatic N) is 2. The van der Waals surface area contributed by atoms with Crippen LogP contribution in [-0.2, 0) is 6.54 Å². The molecule has 11 heteroatoms. The van der Waals surface area contributed by atoms with Crippen LogP contribution in [0.1, 0.15) is 76.0 Å². The number of hydrogen-bond donors (Lipinski definition) is 7. The highest BCUT2D eigenvalue weighted by Gasteiger charge is 2.24. The van der Waals surface area contributed by atoms with Gasteiger partial charge in [0.15, 0.2) is 6.35 Å². The topological polar surface area (TPSA) is 169 Å². The molecule has 0 bridgehead atoms. The second-order valence-electron chi connectivity index (χ2n) is 12.5. The first kappa shape index (κ1) is 36.8. The molecule has 8 N–H and O–H groups in total. The highest BCUT2D eigenvalue weighted by molar-refractivity contribution is 6.10. The SMILES string of the molecule is C=C(CC)c1cc(OC(=O)NCCC(CC)CCn2ccc3cc(N(C(=N)c4cc(C(C)C)c(O)cc4O)C(N)O)ccc32)ccc1NC. The number of nitrogens with two attached hydrogens (primary N) is 1. The standard InChI is InChI=1S/C38H50N6O5/c1-7-24(5)30-20-28(10-11-32(30)41-6)49-38(48)42-16-13-25(8-2)14-17-43-18-15-26-19-27(9-12-33(26)43)44(37(40)47)36(39)31-21-29(23(3)4)34(45)22-35(31)46/h9-12,15,18-23,25,37,39,41,45-47H,5,7-8,13-14,16-17,40H2,1-4,6H3,(H,42,48). The van der Waals surface area contributed by atoms with E-state index in [9.17, 15) is 20.1 Å². The molecular formula is C38H50N6O5. The molecule has 1 heterocycles. The molecule has 0 spiro atoms. The summed E-state index contributed by atoms with van der Waals surface area (Å²) in [6.45, 7) is 13.4. The maximum absolute atomic E-state index is 12.6. The summed E-state index contributed by atoms with van der Waals surface area (Å²) in [4.78, 5) is 13.8. The molecule has 0 saturated heterocycles. The average molecular weight is 671 g/mol. The van der Waals surface area contributed by atoms with Crippen molar-refractivity contribution in [3.05, 3.63) is 84.1 Å². The largest absolute Gasteiger partial charge is 0.508 e. The molecule has 2 unspecified atom stereocenters. The molecule has 1 amide bonds. The minimum atomic E-state index is -1.55. The van der Waals surface area contributed by atoms with E-state index >= 15 is 0 Å². The summed E-state index contributed by atoms with van der Waals surface area (Å²) in [6, 6.07) is 15.8. The summed E-state index contributed by atoms with van der Waals surface area (Å²) in [7, 11) is 1.85. The van der Waals surface area contributed by atoms with Crippen LogP contribution in [0.2, 0.25) is 0 Å². The Hall–Kier alpha value is -5.00. The molecule has 262 valence electrons. The van der Waals surface area contributed by atoms with Gasteiger partial charge in [-0.25, -0.2) is 4.79 Å². The fourth-order valence-electron chi connectivity index (χ4n) is 6.01. The molecule has 11 nitrogen and oxygen atoms in total. The van der Waals surface area contributed by atoms with Crippen molar-refractivity contribution in [1.82, 2.24) is 9.88 Å². The number of rotatable bonds is 15. The van der Waals surface area contributed by atoms with Crippen molar-refractivity contribution >= 4 is 39.8 Å². The van der Waals surface area contributed by atoms with Gasteiger partial charge in [0.25, 0.3) is 0 Å². The zero-order valence-electron chi connectivity index (χ0n) is 29.1. The molecule has 4 aromatic rings. The number of aliphatic hydroxyl groups is 1. The molecule has 0 aliphatic heterocycles. The Morgan fingerprint density at radius 2 is 1.80 bits per heavy atom. The Morgan fingerprint density at radius 1 is 1.04 bits per heavy atom. The van der Waals surface area contributed by atoms with Gasteiger partial charge in [0.05, 0.1) is 5.56 Å². The third kappa shape index (κ3) is 8.73. The van der Waals surface area contributed by atoms with Crippen LogP contribution in [0.4, 0.5) is 16.2 Å². The first-order valence-corrected chi connectivity index (χ1v) is 16.8. The number of fused-ring (bicyclic) bond motifs is 1. The summed E-state index contributed by atoms with van der Waals surface area (Å²) in [6.07, 6.45) is 3.44. The smallest absolute Gasteiger partial charge is 0.412 e. The van der Waals surface area contributed by atoms with E-state index in [-0.39, 0.29) is 28.8 Å². The van der Waals surface area contributed by atoms with Gasteiger partial charge in [-0.15, -0.1) is 0 Å². The maximum atomic E-state index is 12.6. The van der Waals surface area contributed by atoms with E-state index in [0.29, 0.717) is 29.5 Å². The molecule has 3 aromatic carbocycles. The van der Waals surface area contributed by atoms with Crippen LogP contribution in [0.25, 0.3) is 16.5 Å². The van der Waals surface area contributed by atoms with Crippen LogP contribution in [0.15, 0.2) is 67.4 Å². The number of carbonyl (C=O) groups is 1. The number of nitrogens with one attached hydrogen (secondary N) is 3. The van der Waals surface area contributed by atoms with Crippen molar-refractivity contribution in [2.45, 2.75) is 72.2 Å². The molecule has 0 aliphatic carbocycles. The number of anilines is 2. The second-order valence-corrected chi connectivity index (χ2v) is 12.5. The van der Waals surface area contributed by atoms with Gasteiger partial charge in [-0.05, 0) is 90.8 Å². The molecular weight excluding hydrogens is 620 g/mol. The molecule has 4 rings (SSSR count). The summed E-state index contributed by atoms with van der Waals surface area (Å²) in [5.74, 6) is 0.256. The van der Waals surface area contributed by atoms with Gasteiger partial charge in [0, 0.05) is 60.2 Å². The highest BCUT2D eigenvalue weighted by atomic mass is 16.6. The first-order valence-electron chi connectivity index (χ1n) is 16.8. The van der Waals surface area contributed by atoms with Crippen molar-refractivity contribution in [1.29, 1.82) is 5.41 Å². The third-order valence-corrected chi connectivity index (χ3v) is 9.02. The predicted molar refractivity (Wildman–Crippen MR) is 198 cm³/mol. The van der Waals surface area contributed by atoms with Gasteiger partial charge in [-0.1, -0.05) is 40.7 Å². The van der Waals surface area contributed by atoms with E-state index in [0.717, 1.165) is 60.0 Å². The number of amidine groups is 1. The van der Waals surface area contributed by atoms with Crippen molar-refractivity contribution in [3.8, 4) is 17.2 Å². The van der Waals surface area contributed by atoms with Crippen LogP contribution < -0.4 is 26.0 Å². The Kier molecular flexibility index (Phi) is 12.3.